The van der Waals surface area contributed by atoms with Crippen LogP contribution in [0.15, 0.2) is 69.8 Å². The smallest absolute Gasteiger partial charge is 0.226 e. The molecule has 0 fully saturated rings. The number of aliphatic hydroxyl groups is 1. The van der Waals surface area contributed by atoms with Gasteiger partial charge in [0.1, 0.15) is 5.76 Å². The van der Waals surface area contributed by atoms with Gasteiger partial charge in [-0.1, -0.05) is 54.0 Å². The average Bonchev–Trinajstić information content (AvgIpc) is 2.73. The molecule has 0 saturated carbocycles. The first-order chi connectivity index (χ1) is 14.2. The van der Waals surface area contributed by atoms with Gasteiger partial charge in [0.25, 0.3) is 0 Å². The second kappa shape index (κ2) is 12.4. The van der Waals surface area contributed by atoms with Gasteiger partial charge in [-0.05, 0) is 53.0 Å². The summed E-state index contributed by atoms with van der Waals surface area (Å²) in [4.78, 5) is 12.4. The van der Waals surface area contributed by atoms with Crippen molar-refractivity contribution in [3.8, 4) is 0 Å². The molecule has 0 radical (unpaired) electrons. The topological polar surface area (TPSA) is 55.8 Å². The summed E-state index contributed by atoms with van der Waals surface area (Å²) in [5.74, 6) is 0.890. The molecule has 4 heteroatoms. The molecule has 0 amide bonds. The van der Waals surface area contributed by atoms with Crippen molar-refractivity contribution >= 4 is 5.78 Å². The summed E-state index contributed by atoms with van der Waals surface area (Å²) >= 11 is 0. The van der Waals surface area contributed by atoms with Gasteiger partial charge in [0.05, 0.1) is 20.3 Å². The van der Waals surface area contributed by atoms with Gasteiger partial charge in [-0.2, -0.15) is 0 Å². The normalized spacial score (nSPS) is 19.0. The van der Waals surface area contributed by atoms with Gasteiger partial charge in [0, 0.05) is 17.9 Å². The Labute approximate surface area is 182 Å². The number of allylic oxidation sites excluding steroid dienone is 8. The highest BCUT2D eigenvalue weighted by Crippen LogP contribution is 2.30. The quantitative estimate of drug-likeness (QED) is 0.353. The van der Waals surface area contributed by atoms with E-state index in [-0.39, 0.29) is 11.7 Å². The number of ether oxygens (including phenoxy) is 2. The van der Waals surface area contributed by atoms with Crippen LogP contribution in [0.1, 0.15) is 60.8 Å². The predicted octanol–water partition coefficient (Wildman–Crippen LogP) is 5.97. The Kier molecular flexibility index (Phi) is 10.6. The number of hydrogen-bond acceptors (Lipinski definition) is 4. The zero-order valence-electron chi connectivity index (χ0n) is 19.8. The third-order valence-corrected chi connectivity index (χ3v) is 5.62. The first-order valence-electron chi connectivity index (χ1n) is 10.5. The van der Waals surface area contributed by atoms with Crippen molar-refractivity contribution in [2.45, 2.75) is 66.9 Å². The summed E-state index contributed by atoms with van der Waals surface area (Å²) in [6.07, 6.45) is 12.2. The van der Waals surface area contributed by atoms with E-state index in [9.17, 15) is 9.90 Å². The van der Waals surface area contributed by atoms with Gasteiger partial charge in [-0.25, -0.2) is 0 Å². The molecule has 0 unspecified atom stereocenters. The van der Waals surface area contributed by atoms with E-state index >= 15 is 0 Å². The minimum absolute atomic E-state index is 0.0706. The van der Waals surface area contributed by atoms with Crippen molar-refractivity contribution in [3.05, 3.63) is 69.8 Å². The Hall–Kier alpha value is -2.33. The third kappa shape index (κ3) is 7.17. The minimum atomic E-state index is -0.445. The zero-order chi connectivity index (χ0) is 22.8. The maximum absolute atomic E-state index is 12.4. The van der Waals surface area contributed by atoms with Gasteiger partial charge in [0.15, 0.2) is 0 Å². The van der Waals surface area contributed by atoms with E-state index in [1.165, 1.54) is 12.7 Å². The third-order valence-electron chi connectivity index (χ3n) is 5.62. The molecular weight excluding hydrogens is 376 g/mol. The monoisotopic (exact) mass is 414 g/mol. The lowest BCUT2D eigenvalue weighted by Crippen LogP contribution is -2.17. The lowest BCUT2D eigenvalue weighted by Gasteiger charge is -2.21. The van der Waals surface area contributed by atoms with E-state index in [4.69, 9.17) is 9.47 Å². The Bertz CT molecular complexity index is 803. The number of ketones is 1. The molecule has 166 valence electrons. The molecule has 0 heterocycles. The number of aliphatic hydroxyl groups excluding tert-OH is 1. The van der Waals surface area contributed by atoms with Crippen LogP contribution in [0.4, 0.5) is 0 Å². The Morgan fingerprint density at radius 1 is 1.20 bits per heavy atom. The predicted molar refractivity (Wildman–Crippen MR) is 124 cm³/mol. The second-order valence-corrected chi connectivity index (χ2v) is 8.00. The molecule has 0 aliphatic heterocycles. The lowest BCUT2D eigenvalue weighted by molar-refractivity contribution is -0.115. The van der Waals surface area contributed by atoms with Gasteiger partial charge < -0.3 is 14.6 Å². The maximum atomic E-state index is 12.4. The van der Waals surface area contributed by atoms with Crippen LogP contribution in [0.3, 0.4) is 0 Å². The van der Waals surface area contributed by atoms with E-state index in [0.717, 1.165) is 35.1 Å². The molecule has 1 N–H and O–H groups in total. The fourth-order valence-electron chi connectivity index (χ4n) is 3.42. The van der Waals surface area contributed by atoms with Crippen molar-refractivity contribution < 1.29 is 19.4 Å². The molecular formula is C26H38O4. The highest BCUT2D eigenvalue weighted by molar-refractivity contribution is 6.08. The van der Waals surface area contributed by atoms with Crippen LogP contribution in [0, 0.1) is 5.92 Å². The van der Waals surface area contributed by atoms with E-state index in [2.05, 4.69) is 38.2 Å². The van der Waals surface area contributed by atoms with Gasteiger partial charge in [0.2, 0.25) is 11.5 Å². The van der Waals surface area contributed by atoms with Gasteiger partial charge in [-0.15, -0.1) is 0 Å². The molecule has 0 aromatic heterocycles. The molecule has 0 saturated heterocycles. The van der Waals surface area contributed by atoms with Crippen molar-refractivity contribution in [2.75, 3.05) is 14.2 Å². The molecule has 1 rings (SSSR count). The summed E-state index contributed by atoms with van der Waals surface area (Å²) in [5, 5.41) is 10.3. The summed E-state index contributed by atoms with van der Waals surface area (Å²) < 4.78 is 10.6. The van der Waals surface area contributed by atoms with E-state index in [0.29, 0.717) is 17.9 Å². The largest absolute Gasteiger partial charge is 0.497 e. The standard InChI is InChI=1S/C26H38O4/c1-9-19(4)24(27)20(5)15-18(3)12-10-11-17(2)13-14-22-16-23(29-7)26(30-8)25(28)21(22)6/h9-10,12-13,15,20,24,27H,11,14,16H2,1-8H3/t20-,24+/m1/s1. The number of carbonyl (C=O) groups excluding carboxylic acids is 1. The van der Waals surface area contributed by atoms with E-state index in [1.807, 2.05) is 33.8 Å². The molecule has 0 aromatic rings. The number of methoxy groups -OCH3 is 2. The number of carbonyl (C=O) groups is 1. The van der Waals surface area contributed by atoms with Crippen molar-refractivity contribution in [1.82, 2.24) is 0 Å². The molecule has 1 aliphatic carbocycles. The summed E-state index contributed by atoms with van der Waals surface area (Å²) in [6, 6.07) is 0. The lowest BCUT2D eigenvalue weighted by atomic mass is 9.91. The van der Waals surface area contributed by atoms with Crippen LogP contribution in [0.25, 0.3) is 0 Å². The SMILES string of the molecule is CC=C(C)[C@H](O)[C@H](C)C=C(C)C=CCC(C)=CCC1=C(C)C(=O)C(OC)=C(OC)C1. The van der Waals surface area contributed by atoms with Crippen LogP contribution in [0.2, 0.25) is 0 Å². The number of Topliss-reactive ketones (excluding diaryl/α,β-unsaturated/α-hetero) is 1. The van der Waals surface area contributed by atoms with Crippen LogP contribution in [-0.4, -0.2) is 31.2 Å². The van der Waals surface area contributed by atoms with Crippen LogP contribution < -0.4 is 0 Å². The molecule has 0 aromatic carbocycles. The minimum Gasteiger partial charge on any atom is -0.497 e. The van der Waals surface area contributed by atoms with E-state index < -0.39 is 6.10 Å². The molecule has 0 bridgehead atoms. The Morgan fingerprint density at radius 3 is 2.43 bits per heavy atom. The average molecular weight is 415 g/mol. The summed E-state index contributed by atoms with van der Waals surface area (Å²) in [6.45, 7) is 11.9. The second-order valence-electron chi connectivity index (χ2n) is 8.00. The summed E-state index contributed by atoms with van der Waals surface area (Å²) in [5.41, 5.74) is 5.18. The van der Waals surface area contributed by atoms with Crippen molar-refractivity contribution in [3.63, 3.8) is 0 Å². The van der Waals surface area contributed by atoms with Crippen LogP contribution in [-0.2, 0) is 14.3 Å². The highest BCUT2D eigenvalue weighted by atomic mass is 16.5. The first-order valence-corrected chi connectivity index (χ1v) is 10.5. The highest BCUT2D eigenvalue weighted by Gasteiger charge is 2.27. The number of rotatable bonds is 10. The fraction of sp³-hybridized carbons (Fsp3) is 0.500. The molecule has 1 aliphatic rings. The van der Waals surface area contributed by atoms with Crippen molar-refractivity contribution in [2.24, 2.45) is 5.92 Å². The maximum Gasteiger partial charge on any atom is 0.226 e. The van der Waals surface area contributed by atoms with Crippen molar-refractivity contribution in [1.29, 1.82) is 0 Å². The zero-order valence-corrected chi connectivity index (χ0v) is 19.8. The van der Waals surface area contributed by atoms with Gasteiger partial charge >= 0.3 is 0 Å². The van der Waals surface area contributed by atoms with Crippen LogP contribution in [0.5, 0.6) is 0 Å². The van der Waals surface area contributed by atoms with E-state index in [1.54, 1.807) is 7.11 Å². The van der Waals surface area contributed by atoms with Gasteiger partial charge in [-0.3, -0.25) is 4.79 Å². The van der Waals surface area contributed by atoms with Crippen LogP contribution >= 0.6 is 0 Å². The molecule has 0 spiro atoms. The first kappa shape index (κ1) is 25.7. The molecule has 4 nitrogen and oxygen atoms in total. The summed E-state index contributed by atoms with van der Waals surface area (Å²) in [7, 11) is 3.07. The fourth-order valence-corrected chi connectivity index (χ4v) is 3.42. The Morgan fingerprint density at radius 2 is 1.87 bits per heavy atom. The molecule has 2 atom stereocenters. The number of hydrogen-bond donors (Lipinski definition) is 1. The Balaban J connectivity index is 2.71. The molecule has 30 heavy (non-hydrogen) atoms.